The quantitative estimate of drug-likeness (QED) is 0.544. The maximum absolute atomic E-state index is 12.2. The van der Waals surface area contributed by atoms with Crippen LogP contribution in [0.25, 0.3) is 0 Å². The molecule has 6 nitrogen and oxygen atoms in total. The Balaban J connectivity index is 1.48. The van der Waals surface area contributed by atoms with Crippen LogP contribution in [0.4, 0.5) is 5.69 Å². The van der Waals surface area contributed by atoms with Gasteiger partial charge in [0.25, 0.3) is 0 Å². The summed E-state index contributed by atoms with van der Waals surface area (Å²) in [6.07, 6.45) is 1.40. The van der Waals surface area contributed by atoms with Crippen molar-refractivity contribution in [2.24, 2.45) is 0 Å². The fourth-order valence-corrected chi connectivity index (χ4v) is 3.04. The predicted octanol–water partition coefficient (Wildman–Crippen LogP) is 3.24. The van der Waals surface area contributed by atoms with Crippen molar-refractivity contribution in [2.45, 2.75) is 26.7 Å². The lowest BCUT2D eigenvalue weighted by Crippen LogP contribution is -2.23. The van der Waals surface area contributed by atoms with E-state index in [0.717, 1.165) is 23.2 Å². The third-order valence-corrected chi connectivity index (χ3v) is 4.84. The molecule has 2 aromatic carbocycles. The number of benzene rings is 2. The fraction of sp³-hybridized carbons (Fsp3) is 0.318. The lowest BCUT2D eigenvalue weighted by atomic mass is 10.1. The normalized spacial score (nSPS) is 13.5. The van der Waals surface area contributed by atoms with Gasteiger partial charge in [-0.1, -0.05) is 12.1 Å². The van der Waals surface area contributed by atoms with Crippen LogP contribution in [0.15, 0.2) is 42.5 Å². The molecular formula is C22H23NO5. The molecule has 1 saturated heterocycles. The number of hydrogen-bond acceptors (Lipinski definition) is 5. The van der Waals surface area contributed by atoms with Gasteiger partial charge in [0.15, 0.2) is 19.0 Å². The van der Waals surface area contributed by atoms with Gasteiger partial charge in [0.2, 0.25) is 5.91 Å². The third kappa shape index (κ3) is 4.57. The highest BCUT2D eigenvalue weighted by Crippen LogP contribution is 2.22. The molecule has 0 spiro atoms. The Morgan fingerprint density at radius 1 is 1.04 bits per heavy atom. The standard InChI is InChI=1S/C22H23NO5/c1-15-5-3-6-20(16(15)2)27-14-22(26)28-13-19(24)17-8-10-18(11-9-17)23-12-4-7-21(23)25/h3,5-6,8-11H,4,7,12-14H2,1-2H3. The van der Waals surface area contributed by atoms with Crippen molar-refractivity contribution < 1.29 is 23.9 Å². The Morgan fingerprint density at radius 3 is 2.46 bits per heavy atom. The average Bonchev–Trinajstić information content (AvgIpc) is 3.13. The van der Waals surface area contributed by atoms with Gasteiger partial charge >= 0.3 is 5.97 Å². The highest BCUT2D eigenvalue weighted by Gasteiger charge is 2.21. The summed E-state index contributed by atoms with van der Waals surface area (Å²) in [6, 6.07) is 12.4. The molecule has 0 unspecified atom stereocenters. The van der Waals surface area contributed by atoms with Gasteiger partial charge in [0.1, 0.15) is 5.75 Å². The van der Waals surface area contributed by atoms with Crippen LogP contribution in [-0.2, 0) is 14.3 Å². The lowest BCUT2D eigenvalue weighted by Gasteiger charge is -2.15. The Kier molecular flexibility index (Phi) is 6.09. The van der Waals surface area contributed by atoms with E-state index >= 15 is 0 Å². The van der Waals surface area contributed by atoms with Crippen molar-refractivity contribution in [1.82, 2.24) is 0 Å². The number of anilines is 1. The summed E-state index contributed by atoms with van der Waals surface area (Å²) >= 11 is 0. The van der Waals surface area contributed by atoms with Crippen LogP contribution < -0.4 is 9.64 Å². The number of hydrogen-bond donors (Lipinski definition) is 0. The zero-order valence-corrected chi connectivity index (χ0v) is 16.1. The summed E-state index contributed by atoms with van der Waals surface area (Å²) in [5.74, 6) is -0.194. The third-order valence-electron chi connectivity index (χ3n) is 4.84. The van der Waals surface area contributed by atoms with E-state index in [-0.39, 0.29) is 24.9 Å². The minimum Gasteiger partial charge on any atom is -0.482 e. The Hall–Kier alpha value is -3.15. The second-order valence-electron chi connectivity index (χ2n) is 6.77. The van der Waals surface area contributed by atoms with E-state index in [1.807, 2.05) is 26.0 Å². The second-order valence-corrected chi connectivity index (χ2v) is 6.77. The lowest BCUT2D eigenvalue weighted by molar-refractivity contribution is -0.144. The highest BCUT2D eigenvalue weighted by atomic mass is 16.6. The molecule has 0 aromatic heterocycles. The van der Waals surface area contributed by atoms with E-state index in [1.54, 1.807) is 35.2 Å². The topological polar surface area (TPSA) is 72.9 Å². The summed E-state index contributed by atoms with van der Waals surface area (Å²) in [5, 5.41) is 0. The van der Waals surface area contributed by atoms with Crippen molar-refractivity contribution in [3.05, 3.63) is 59.2 Å². The molecule has 1 fully saturated rings. The molecule has 28 heavy (non-hydrogen) atoms. The molecule has 2 aromatic rings. The zero-order chi connectivity index (χ0) is 20.1. The van der Waals surface area contributed by atoms with Gasteiger partial charge in [-0.2, -0.15) is 0 Å². The van der Waals surface area contributed by atoms with E-state index in [1.165, 1.54) is 0 Å². The van der Waals surface area contributed by atoms with Crippen LogP contribution in [-0.4, -0.2) is 37.4 Å². The Labute approximate surface area is 164 Å². The molecule has 0 aliphatic carbocycles. The number of aryl methyl sites for hydroxylation is 1. The molecule has 0 atom stereocenters. The average molecular weight is 381 g/mol. The molecule has 1 aliphatic rings. The van der Waals surface area contributed by atoms with Gasteiger partial charge in [-0.25, -0.2) is 4.79 Å². The molecule has 146 valence electrons. The van der Waals surface area contributed by atoms with Gasteiger partial charge in [-0.3, -0.25) is 9.59 Å². The summed E-state index contributed by atoms with van der Waals surface area (Å²) in [5.41, 5.74) is 3.24. The minimum atomic E-state index is -0.603. The summed E-state index contributed by atoms with van der Waals surface area (Å²) in [7, 11) is 0. The molecule has 1 heterocycles. The Morgan fingerprint density at radius 2 is 1.79 bits per heavy atom. The van der Waals surface area contributed by atoms with E-state index in [2.05, 4.69) is 0 Å². The number of carbonyl (C=O) groups excluding carboxylic acids is 3. The number of rotatable bonds is 7. The van der Waals surface area contributed by atoms with Crippen molar-refractivity contribution in [3.63, 3.8) is 0 Å². The van der Waals surface area contributed by atoms with Crippen molar-refractivity contribution in [1.29, 1.82) is 0 Å². The van der Waals surface area contributed by atoms with Crippen LogP contribution in [0, 0.1) is 13.8 Å². The van der Waals surface area contributed by atoms with E-state index in [0.29, 0.717) is 24.3 Å². The maximum Gasteiger partial charge on any atom is 0.344 e. The molecule has 0 bridgehead atoms. The molecule has 6 heteroatoms. The van der Waals surface area contributed by atoms with Crippen molar-refractivity contribution in [2.75, 3.05) is 24.7 Å². The molecule has 3 rings (SSSR count). The SMILES string of the molecule is Cc1cccc(OCC(=O)OCC(=O)c2ccc(N3CCCC3=O)cc2)c1C. The van der Waals surface area contributed by atoms with Crippen LogP contribution in [0.3, 0.4) is 0 Å². The molecule has 1 amide bonds. The Bertz CT molecular complexity index is 888. The molecular weight excluding hydrogens is 358 g/mol. The van der Waals surface area contributed by atoms with Gasteiger partial charge in [-0.15, -0.1) is 0 Å². The van der Waals surface area contributed by atoms with Crippen LogP contribution in [0.2, 0.25) is 0 Å². The molecule has 0 radical (unpaired) electrons. The van der Waals surface area contributed by atoms with Crippen LogP contribution in [0.1, 0.15) is 34.3 Å². The second kappa shape index (κ2) is 8.69. The van der Waals surface area contributed by atoms with E-state index < -0.39 is 5.97 Å². The van der Waals surface area contributed by atoms with Gasteiger partial charge in [-0.05, 0) is 61.7 Å². The number of amides is 1. The first-order chi connectivity index (χ1) is 13.5. The number of esters is 1. The number of ketones is 1. The van der Waals surface area contributed by atoms with Crippen LogP contribution >= 0.6 is 0 Å². The first kappa shape index (κ1) is 19.6. The summed E-state index contributed by atoms with van der Waals surface area (Å²) in [4.78, 5) is 37.6. The summed E-state index contributed by atoms with van der Waals surface area (Å²) in [6.45, 7) is 3.97. The van der Waals surface area contributed by atoms with Gasteiger partial charge < -0.3 is 14.4 Å². The summed E-state index contributed by atoms with van der Waals surface area (Å²) < 4.78 is 10.5. The van der Waals surface area contributed by atoms with Gasteiger partial charge in [0.05, 0.1) is 0 Å². The predicted molar refractivity (Wildman–Crippen MR) is 105 cm³/mol. The zero-order valence-electron chi connectivity index (χ0n) is 16.1. The first-order valence-corrected chi connectivity index (χ1v) is 9.24. The highest BCUT2D eigenvalue weighted by molar-refractivity contribution is 5.99. The largest absolute Gasteiger partial charge is 0.482 e. The monoisotopic (exact) mass is 381 g/mol. The van der Waals surface area contributed by atoms with Gasteiger partial charge in [0, 0.05) is 24.2 Å². The molecule has 0 saturated carbocycles. The smallest absolute Gasteiger partial charge is 0.344 e. The maximum atomic E-state index is 12.2. The fourth-order valence-electron chi connectivity index (χ4n) is 3.04. The number of nitrogens with zero attached hydrogens (tertiary/aromatic N) is 1. The van der Waals surface area contributed by atoms with Crippen LogP contribution in [0.5, 0.6) is 5.75 Å². The van der Waals surface area contributed by atoms with Crippen molar-refractivity contribution >= 4 is 23.3 Å². The first-order valence-electron chi connectivity index (χ1n) is 9.24. The van der Waals surface area contributed by atoms with E-state index in [4.69, 9.17) is 9.47 Å². The molecule has 1 aliphatic heterocycles. The minimum absolute atomic E-state index is 0.0943. The molecule has 0 N–H and O–H groups in total. The number of ether oxygens (including phenoxy) is 2. The number of carbonyl (C=O) groups is 3. The van der Waals surface area contributed by atoms with Crippen molar-refractivity contribution in [3.8, 4) is 5.75 Å². The van der Waals surface area contributed by atoms with E-state index in [9.17, 15) is 14.4 Å². The number of Topliss-reactive ketones (excluding diaryl/α,β-unsaturated/α-hetero) is 1.